The van der Waals surface area contributed by atoms with Gasteiger partial charge in [-0.2, -0.15) is 5.10 Å². The predicted octanol–water partition coefficient (Wildman–Crippen LogP) is 5.43. The molecule has 34 heavy (non-hydrogen) atoms. The molecule has 0 aliphatic rings. The molecule has 0 saturated carbocycles. The van der Waals surface area contributed by atoms with Gasteiger partial charge in [0, 0.05) is 30.9 Å². The van der Waals surface area contributed by atoms with Crippen LogP contribution < -0.4 is 0 Å². The molecular formula is C24H37BrN2O5SSi. The molecule has 0 aliphatic heterocycles. The highest BCUT2D eigenvalue weighted by Gasteiger charge is 2.39. The van der Waals surface area contributed by atoms with Gasteiger partial charge in [-0.05, 0) is 57.4 Å². The molecule has 0 radical (unpaired) electrons. The molecule has 0 fully saturated rings. The molecule has 0 spiro atoms. The van der Waals surface area contributed by atoms with Gasteiger partial charge in [-0.3, -0.25) is 4.79 Å². The lowest BCUT2D eigenvalue weighted by Gasteiger charge is -2.27. The lowest BCUT2D eigenvalue weighted by atomic mass is 9.79. The Bertz CT molecular complexity index is 1090. The number of sulfone groups is 1. The molecule has 1 N–H and O–H groups in total. The van der Waals surface area contributed by atoms with E-state index in [1.807, 2.05) is 6.07 Å². The smallest absolute Gasteiger partial charge is 0.313 e. The highest BCUT2D eigenvalue weighted by molar-refractivity contribution is 9.10. The molecule has 0 bridgehead atoms. The minimum Gasteiger partial charge on any atom is -0.481 e. The first-order valence-corrected chi connectivity index (χ1v) is 17.6. The number of rotatable bonds is 13. The number of ether oxygens (including phenoxy) is 1. The molecule has 1 heterocycles. The first-order chi connectivity index (χ1) is 15.6. The van der Waals surface area contributed by atoms with E-state index in [1.54, 1.807) is 56.0 Å². The SMILES string of the molecule is CC(CCCS(=O)(=O)C(C)(C)c1cnn(COCC[Si](C)(C)C)c1)(C(=O)O)c1cccc(Br)c1. The molecule has 1 aromatic heterocycles. The summed E-state index contributed by atoms with van der Waals surface area (Å²) in [4.78, 5) is 12.1. The summed E-state index contributed by atoms with van der Waals surface area (Å²) < 4.78 is 33.5. The number of hydrogen-bond acceptors (Lipinski definition) is 5. The average Bonchev–Trinajstić information content (AvgIpc) is 3.19. The molecule has 7 nitrogen and oxygen atoms in total. The van der Waals surface area contributed by atoms with Crippen LogP contribution in [-0.2, 0) is 36.3 Å². The number of benzene rings is 1. The van der Waals surface area contributed by atoms with E-state index in [0.29, 0.717) is 17.7 Å². The topological polar surface area (TPSA) is 98.5 Å². The quantitative estimate of drug-likeness (QED) is 0.254. The van der Waals surface area contributed by atoms with E-state index >= 15 is 0 Å². The van der Waals surface area contributed by atoms with Crippen LogP contribution in [0.4, 0.5) is 0 Å². The fourth-order valence-corrected chi connectivity index (χ4v) is 6.19. The van der Waals surface area contributed by atoms with Gasteiger partial charge in [-0.1, -0.05) is 47.7 Å². The van der Waals surface area contributed by atoms with Gasteiger partial charge in [0.05, 0.1) is 22.1 Å². The van der Waals surface area contributed by atoms with Crippen molar-refractivity contribution in [1.29, 1.82) is 0 Å². The lowest BCUT2D eigenvalue weighted by molar-refractivity contribution is -0.143. The fraction of sp³-hybridized carbons (Fsp3) is 0.583. The Labute approximate surface area is 213 Å². The molecule has 0 aliphatic carbocycles. The summed E-state index contributed by atoms with van der Waals surface area (Å²) >= 11 is 3.38. The van der Waals surface area contributed by atoms with Crippen molar-refractivity contribution in [3.63, 3.8) is 0 Å². The van der Waals surface area contributed by atoms with E-state index in [1.165, 1.54) is 0 Å². The number of aliphatic carboxylic acids is 1. The number of halogens is 1. The van der Waals surface area contributed by atoms with Gasteiger partial charge in [-0.25, -0.2) is 13.1 Å². The van der Waals surface area contributed by atoms with Crippen LogP contribution in [0.2, 0.25) is 25.7 Å². The second-order valence-corrected chi connectivity index (χ2v) is 19.9. The van der Waals surface area contributed by atoms with Gasteiger partial charge in [0.15, 0.2) is 9.84 Å². The van der Waals surface area contributed by atoms with Crippen LogP contribution in [0.1, 0.15) is 44.7 Å². The van der Waals surface area contributed by atoms with Crippen LogP contribution in [0.5, 0.6) is 0 Å². The van der Waals surface area contributed by atoms with Gasteiger partial charge in [0.2, 0.25) is 0 Å². The van der Waals surface area contributed by atoms with Crippen molar-refractivity contribution in [2.24, 2.45) is 0 Å². The predicted molar refractivity (Wildman–Crippen MR) is 142 cm³/mol. The van der Waals surface area contributed by atoms with Crippen molar-refractivity contribution in [3.8, 4) is 0 Å². The minimum atomic E-state index is -3.57. The highest BCUT2D eigenvalue weighted by atomic mass is 79.9. The lowest BCUT2D eigenvalue weighted by Crippen LogP contribution is -2.35. The molecule has 1 aromatic carbocycles. The Morgan fingerprint density at radius 1 is 1.21 bits per heavy atom. The second-order valence-electron chi connectivity index (χ2n) is 10.7. The van der Waals surface area contributed by atoms with E-state index < -0.39 is 34.0 Å². The zero-order valence-corrected chi connectivity index (χ0v) is 24.4. The Morgan fingerprint density at radius 2 is 1.88 bits per heavy atom. The van der Waals surface area contributed by atoms with Crippen LogP contribution in [0.3, 0.4) is 0 Å². The molecule has 2 rings (SSSR count). The monoisotopic (exact) mass is 572 g/mol. The van der Waals surface area contributed by atoms with E-state index in [9.17, 15) is 18.3 Å². The summed E-state index contributed by atoms with van der Waals surface area (Å²) in [6.07, 6.45) is 3.73. The Morgan fingerprint density at radius 3 is 2.47 bits per heavy atom. The molecule has 1 unspecified atom stereocenters. The number of nitrogens with zero attached hydrogens (tertiary/aromatic N) is 2. The maximum Gasteiger partial charge on any atom is 0.313 e. The molecule has 190 valence electrons. The van der Waals surface area contributed by atoms with Gasteiger partial charge < -0.3 is 9.84 Å². The summed E-state index contributed by atoms with van der Waals surface area (Å²) in [6.45, 7) is 12.8. The second kappa shape index (κ2) is 11.1. The maximum absolute atomic E-state index is 13.3. The van der Waals surface area contributed by atoms with Crippen molar-refractivity contribution in [1.82, 2.24) is 9.78 Å². The minimum absolute atomic E-state index is 0.116. The Hall–Kier alpha value is -1.49. The van der Waals surface area contributed by atoms with E-state index in [4.69, 9.17) is 4.74 Å². The largest absolute Gasteiger partial charge is 0.481 e. The van der Waals surface area contributed by atoms with Crippen molar-refractivity contribution < 1.29 is 23.1 Å². The summed E-state index contributed by atoms with van der Waals surface area (Å²) in [5.41, 5.74) is 0.0532. The van der Waals surface area contributed by atoms with Crippen LogP contribution in [0.25, 0.3) is 0 Å². The molecule has 10 heteroatoms. The normalized spacial score (nSPS) is 14.7. The van der Waals surface area contributed by atoms with E-state index in [-0.39, 0.29) is 25.3 Å². The standard InChI is InChI=1S/C24H37BrN2O5SSi/c1-23(2,20-16-26-27(17-20)18-32-12-14-34(4,5)6)33(30,31)13-8-11-24(3,22(28)29)19-9-7-10-21(25)15-19/h7,9-10,15-17H,8,11-14,18H2,1-6H3,(H,28,29). The van der Waals surface area contributed by atoms with Gasteiger partial charge in [0.25, 0.3) is 0 Å². The third kappa shape index (κ3) is 7.25. The first-order valence-electron chi connectivity index (χ1n) is 11.4. The third-order valence-electron chi connectivity index (χ3n) is 6.35. The molecular weight excluding hydrogens is 536 g/mol. The zero-order chi connectivity index (χ0) is 25.8. The van der Waals surface area contributed by atoms with Gasteiger partial charge >= 0.3 is 5.97 Å². The highest BCUT2D eigenvalue weighted by Crippen LogP contribution is 2.34. The molecule has 2 aromatic rings. The Kier molecular flexibility index (Phi) is 9.34. The van der Waals surface area contributed by atoms with Gasteiger partial charge in [-0.15, -0.1) is 0 Å². The average molecular weight is 574 g/mol. The van der Waals surface area contributed by atoms with E-state index in [0.717, 1.165) is 10.5 Å². The van der Waals surface area contributed by atoms with E-state index in [2.05, 4.69) is 40.7 Å². The van der Waals surface area contributed by atoms with Crippen molar-refractivity contribution >= 4 is 39.8 Å². The summed E-state index contributed by atoms with van der Waals surface area (Å²) in [5.74, 6) is -1.09. The number of carboxylic acids is 1. The Balaban J connectivity index is 2.05. The molecule has 1 atom stereocenters. The maximum atomic E-state index is 13.3. The fourth-order valence-electron chi connectivity index (χ4n) is 3.54. The van der Waals surface area contributed by atoms with Crippen LogP contribution in [0.15, 0.2) is 41.1 Å². The first kappa shape index (κ1) is 28.7. The number of hydrogen-bond donors (Lipinski definition) is 1. The summed E-state index contributed by atoms with van der Waals surface area (Å²) in [7, 11) is -4.75. The van der Waals surface area contributed by atoms with Crippen molar-refractivity contribution in [2.45, 2.75) is 76.2 Å². The van der Waals surface area contributed by atoms with Crippen molar-refractivity contribution in [2.75, 3.05) is 12.4 Å². The third-order valence-corrected chi connectivity index (χ3v) is 11.2. The molecule has 0 amide bonds. The summed E-state index contributed by atoms with van der Waals surface area (Å²) in [6, 6.07) is 8.20. The number of aromatic nitrogens is 2. The number of carboxylic acid groups (broad SMARTS) is 1. The molecule has 0 saturated heterocycles. The van der Waals surface area contributed by atoms with Crippen LogP contribution in [-0.4, -0.2) is 49.7 Å². The van der Waals surface area contributed by atoms with Crippen molar-refractivity contribution in [3.05, 3.63) is 52.3 Å². The number of carbonyl (C=O) groups is 1. The summed E-state index contributed by atoms with van der Waals surface area (Å²) in [5, 5.41) is 14.2. The van der Waals surface area contributed by atoms with Crippen LogP contribution in [0, 0.1) is 0 Å². The van der Waals surface area contributed by atoms with Gasteiger partial charge in [0.1, 0.15) is 6.73 Å². The van der Waals surface area contributed by atoms with Crippen LogP contribution >= 0.6 is 15.9 Å². The zero-order valence-electron chi connectivity index (χ0n) is 21.0.